The Morgan fingerprint density at radius 2 is 2.04 bits per heavy atom. The zero-order valence-electron chi connectivity index (χ0n) is 12.2. The Hall–Kier alpha value is -3.10. The minimum Gasteiger partial charge on any atom is -0.383 e. The zero-order valence-corrected chi connectivity index (χ0v) is 12.2. The van der Waals surface area contributed by atoms with Gasteiger partial charge >= 0.3 is 6.18 Å². The first-order valence-electron chi connectivity index (χ1n) is 6.88. The molecule has 9 heteroatoms. The van der Waals surface area contributed by atoms with Gasteiger partial charge in [0.1, 0.15) is 12.4 Å². The second-order valence-corrected chi connectivity index (χ2v) is 5.06. The predicted molar refractivity (Wildman–Crippen MR) is 82.4 cm³/mol. The third-order valence-corrected chi connectivity index (χ3v) is 3.29. The maximum atomic E-state index is 12.5. The van der Waals surface area contributed by atoms with Crippen molar-refractivity contribution in [3.63, 3.8) is 0 Å². The highest BCUT2D eigenvalue weighted by molar-refractivity contribution is 6.08. The lowest BCUT2D eigenvalue weighted by Gasteiger charge is -2.12. The fourth-order valence-corrected chi connectivity index (χ4v) is 2.24. The number of anilines is 2. The van der Waals surface area contributed by atoms with Gasteiger partial charge in [-0.05, 0) is 12.1 Å². The summed E-state index contributed by atoms with van der Waals surface area (Å²) in [5.74, 6) is -0.912. The van der Waals surface area contributed by atoms with Gasteiger partial charge in [0.25, 0.3) is 5.91 Å². The van der Waals surface area contributed by atoms with Crippen LogP contribution in [0.3, 0.4) is 0 Å². The lowest BCUT2D eigenvalue weighted by Crippen LogP contribution is -2.22. The highest BCUT2D eigenvalue weighted by atomic mass is 19.4. The number of para-hydroxylation sites is 1. The molecule has 24 heavy (non-hydrogen) atoms. The number of pyridine rings is 1. The van der Waals surface area contributed by atoms with Crippen LogP contribution in [-0.2, 0) is 6.54 Å². The van der Waals surface area contributed by atoms with Gasteiger partial charge in [0, 0.05) is 17.8 Å². The Labute approximate surface area is 134 Å². The van der Waals surface area contributed by atoms with Gasteiger partial charge in [-0.3, -0.25) is 10.1 Å². The summed E-state index contributed by atoms with van der Waals surface area (Å²) < 4.78 is 38.3. The number of nitrogens with zero attached hydrogens (tertiary/aromatic N) is 3. The third-order valence-electron chi connectivity index (χ3n) is 3.29. The number of aromatic nitrogens is 3. The van der Waals surface area contributed by atoms with E-state index in [-0.39, 0.29) is 17.3 Å². The Balaban J connectivity index is 1.88. The quantitative estimate of drug-likeness (QED) is 0.771. The molecule has 0 spiro atoms. The van der Waals surface area contributed by atoms with Crippen molar-refractivity contribution >= 4 is 28.6 Å². The molecule has 0 saturated carbocycles. The van der Waals surface area contributed by atoms with E-state index >= 15 is 0 Å². The molecule has 1 aromatic carbocycles. The van der Waals surface area contributed by atoms with Crippen molar-refractivity contribution in [1.29, 1.82) is 0 Å². The average molecular weight is 335 g/mol. The number of fused-ring (bicyclic) bond motifs is 1. The van der Waals surface area contributed by atoms with Gasteiger partial charge in [0.05, 0.1) is 11.1 Å². The largest absolute Gasteiger partial charge is 0.406 e. The molecule has 0 bridgehead atoms. The van der Waals surface area contributed by atoms with Crippen LogP contribution in [0.1, 0.15) is 10.4 Å². The number of nitrogens with one attached hydrogen (secondary N) is 1. The van der Waals surface area contributed by atoms with Crippen molar-refractivity contribution in [3.8, 4) is 0 Å². The molecule has 0 fully saturated rings. The molecular weight excluding hydrogens is 323 g/mol. The molecule has 3 aromatic rings. The number of hydrogen-bond donors (Lipinski definition) is 2. The van der Waals surface area contributed by atoms with E-state index in [9.17, 15) is 18.0 Å². The molecule has 0 aliphatic carbocycles. The lowest BCUT2D eigenvalue weighted by molar-refractivity contribution is -0.140. The first-order chi connectivity index (χ1) is 11.3. The molecule has 2 aromatic heterocycles. The summed E-state index contributed by atoms with van der Waals surface area (Å²) in [6.07, 6.45) is -2.13. The molecule has 3 rings (SSSR count). The van der Waals surface area contributed by atoms with E-state index in [1.165, 1.54) is 12.3 Å². The van der Waals surface area contributed by atoms with E-state index in [0.717, 1.165) is 10.8 Å². The molecule has 0 aliphatic rings. The van der Waals surface area contributed by atoms with Crippen LogP contribution >= 0.6 is 0 Å². The number of halogens is 3. The van der Waals surface area contributed by atoms with Crippen LogP contribution in [-0.4, -0.2) is 26.6 Å². The standard InChI is InChI=1S/C15H12F3N5O/c16-15(17,18)8-23-6-5-20-14(23)22-13(24)10-7-9-3-1-2-4-11(9)21-12(10)19/h1-7H,8H2,(H2,19,21)(H,20,22,24). The van der Waals surface area contributed by atoms with E-state index < -0.39 is 18.6 Å². The molecule has 0 atom stereocenters. The summed E-state index contributed by atoms with van der Waals surface area (Å²) >= 11 is 0. The summed E-state index contributed by atoms with van der Waals surface area (Å²) in [7, 11) is 0. The van der Waals surface area contributed by atoms with Gasteiger partial charge in [0.2, 0.25) is 5.95 Å². The van der Waals surface area contributed by atoms with Crippen molar-refractivity contribution in [2.45, 2.75) is 12.7 Å². The second kappa shape index (κ2) is 5.84. The summed E-state index contributed by atoms with van der Waals surface area (Å²) in [5.41, 5.74) is 6.46. The second-order valence-electron chi connectivity index (χ2n) is 5.06. The number of carbonyl (C=O) groups is 1. The van der Waals surface area contributed by atoms with Gasteiger partial charge in [-0.2, -0.15) is 13.2 Å². The van der Waals surface area contributed by atoms with E-state index in [4.69, 9.17) is 5.73 Å². The van der Waals surface area contributed by atoms with Gasteiger partial charge in [0.15, 0.2) is 0 Å². The fourth-order valence-electron chi connectivity index (χ4n) is 2.24. The van der Waals surface area contributed by atoms with Gasteiger partial charge in [-0.1, -0.05) is 18.2 Å². The maximum Gasteiger partial charge on any atom is 0.406 e. The smallest absolute Gasteiger partial charge is 0.383 e. The first-order valence-corrected chi connectivity index (χ1v) is 6.88. The number of alkyl halides is 3. The Morgan fingerprint density at radius 1 is 1.29 bits per heavy atom. The minimum absolute atomic E-state index is 0.0138. The van der Waals surface area contributed by atoms with Crippen molar-refractivity contribution in [2.24, 2.45) is 0 Å². The molecule has 0 unspecified atom stereocenters. The van der Waals surface area contributed by atoms with Crippen molar-refractivity contribution in [2.75, 3.05) is 11.1 Å². The highest BCUT2D eigenvalue weighted by Crippen LogP contribution is 2.22. The number of imidazole rings is 1. The summed E-state index contributed by atoms with van der Waals surface area (Å²) in [5, 5.41) is 3.02. The van der Waals surface area contributed by atoms with Gasteiger partial charge < -0.3 is 10.3 Å². The molecule has 0 radical (unpaired) electrons. The fraction of sp³-hybridized carbons (Fsp3) is 0.133. The Kier molecular flexibility index (Phi) is 3.84. The topological polar surface area (TPSA) is 85.8 Å². The van der Waals surface area contributed by atoms with Crippen molar-refractivity contribution in [1.82, 2.24) is 14.5 Å². The molecule has 0 aliphatic heterocycles. The molecular formula is C15H12F3N5O. The summed E-state index contributed by atoms with van der Waals surface area (Å²) in [6.45, 7) is -1.26. The molecule has 3 N–H and O–H groups in total. The molecule has 2 heterocycles. The number of rotatable bonds is 3. The van der Waals surface area contributed by atoms with Crippen molar-refractivity contribution < 1.29 is 18.0 Å². The SMILES string of the molecule is Nc1nc2ccccc2cc1C(=O)Nc1nccn1CC(F)(F)F. The predicted octanol–water partition coefficient (Wildman–Crippen LogP) is 2.83. The monoisotopic (exact) mass is 335 g/mol. The molecule has 124 valence electrons. The van der Waals surface area contributed by atoms with Crippen LogP contribution in [0.4, 0.5) is 24.9 Å². The number of nitrogens with two attached hydrogens (primary N) is 1. The number of nitrogen functional groups attached to an aromatic ring is 1. The van der Waals surface area contributed by atoms with Crippen LogP contribution in [0.5, 0.6) is 0 Å². The van der Waals surface area contributed by atoms with Gasteiger partial charge in [-0.25, -0.2) is 9.97 Å². The number of hydrogen-bond acceptors (Lipinski definition) is 4. The van der Waals surface area contributed by atoms with E-state index in [1.807, 2.05) is 0 Å². The van der Waals surface area contributed by atoms with Crippen LogP contribution < -0.4 is 11.1 Å². The number of carbonyl (C=O) groups excluding carboxylic acids is 1. The third kappa shape index (κ3) is 3.29. The Bertz CT molecular complexity index is 904. The van der Waals surface area contributed by atoms with E-state index in [0.29, 0.717) is 10.9 Å². The molecule has 1 amide bonds. The highest BCUT2D eigenvalue weighted by Gasteiger charge is 2.29. The Morgan fingerprint density at radius 3 is 2.79 bits per heavy atom. The average Bonchev–Trinajstić information content (AvgIpc) is 2.91. The summed E-state index contributed by atoms with van der Waals surface area (Å²) in [6, 6.07) is 8.58. The minimum atomic E-state index is -4.43. The van der Waals surface area contributed by atoms with Crippen LogP contribution in [0, 0.1) is 0 Å². The number of amides is 1. The maximum absolute atomic E-state index is 12.5. The molecule has 0 saturated heterocycles. The zero-order chi connectivity index (χ0) is 17.3. The lowest BCUT2D eigenvalue weighted by atomic mass is 10.1. The first kappa shape index (κ1) is 15.8. The van der Waals surface area contributed by atoms with Crippen molar-refractivity contribution in [3.05, 3.63) is 48.3 Å². The van der Waals surface area contributed by atoms with E-state index in [1.54, 1.807) is 24.3 Å². The van der Waals surface area contributed by atoms with Crippen LogP contribution in [0.25, 0.3) is 10.9 Å². The summed E-state index contributed by atoms with van der Waals surface area (Å²) in [4.78, 5) is 20.2. The van der Waals surface area contributed by atoms with E-state index in [2.05, 4.69) is 15.3 Å². The molecule has 6 nitrogen and oxygen atoms in total. The normalized spacial score (nSPS) is 11.6. The van der Waals surface area contributed by atoms with Crippen LogP contribution in [0.15, 0.2) is 42.7 Å². The van der Waals surface area contributed by atoms with Crippen LogP contribution in [0.2, 0.25) is 0 Å². The number of benzene rings is 1. The van der Waals surface area contributed by atoms with Gasteiger partial charge in [-0.15, -0.1) is 0 Å².